The van der Waals surface area contributed by atoms with Crippen molar-refractivity contribution < 1.29 is 14.5 Å². The zero-order chi connectivity index (χ0) is 13.7. The van der Waals surface area contributed by atoms with E-state index in [9.17, 15) is 14.9 Å². The Kier molecular flexibility index (Phi) is 4.91. The van der Waals surface area contributed by atoms with Crippen molar-refractivity contribution in [1.82, 2.24) is 0 Å². The van der Waals surface area contributed by atoms with Crippen LogP contribution in [0.4, 0.5) is 0 Å². The van der Waals surface area contributed by atoms with E-state index in [0.29, 0.717) is 29.2 Å². The Labute approximate surface area is 109 Å². The molecular formula is C11H13ClN2O4. The van der Waals surface area contributed by atoms with Gasteiger partial charge >= 0.3 is 0 Å². The zero-order valence-corrected chi connectivity index (χ0v) is 10.6. The highest BCUT2D eigenvalue weighted by Gasteiger charge is 2.13. The van der Waals surface area contributed by atoms with Crippen LogP contribution in [0, 0.1) is 10.1 Å². The number of hydrogen-bond acceptors (Lipinski definition) is 4. The smallest absolute Gasteiger partial charge is 0.252 e. The number of benzene rings is 1. The average Bonchev–Trinajstić information content (AvgIpc) is 2.29. The molecule has 0 heterocycles. The fraction of sp³-hybridized carbons (Fsp3) is 0.364. The maximum Gasteiger partial charge on any atom is 0.252 e. The molecule has 0 unspecified atom stereocenters. The fourth-order valence-electron chi connectivity index (χ4n) is 1.55. The number of amides is 1. The van der Waals surface area contributed by atoms with Gasteiger partial charge in [-0.1, -0.05) is 11.6 Å². The van der Waals surface area contributed by atoms with Gasteiger partial charge in [-0.25, -0.2) is 0 Å². The van der Waals surface area contributed by atoms with Gasteiger partial charge in [0.25, 0.3) is 5.91 Å². The number of nitrogens with two attached hydrogens (primary N) is 1. The Morgan fingerprint density at radius 2 is 2.22 bits per heavy atom. The molecule has 18 heavy (non-hydrogen) atoms. The van der Waals surface area contributed by atoms with Gasteiger partial charge in [0.1, 0.15) is 5.75 Å². The van der Waals surface area contributed by atoms with Gasteiger partial charge in [0.15, 0.2) is 0 Å². The summed E-state index contributed by atoms with van der Waals surface area (Å²) in [5, 5.41) is 10.6. The maximum atomic E-state index is 11.2. The molecule has 1 rings (SSSR count). The van der Waals surface area contributed by atoms with Crippen LogP contribution in [0.2, 0.25) is 5.02 Å². The zero-order valence-electron chi connectivity index (χ0n) is 9.81. The molecule has 1 aromatic carbocycles. The van der Waals surface area contributed by atoms with Crippen LogP contribution in [-0.4, -0.2) is 24.5 Å². The Morgan fingerprint density at radius 1 is 1.56 bits per heavy atom. The molecule has 0 saturated carbocycles. The second-order valence-corrected chi connectivity index (χ2v) is 4.08. The summed E-state index contributed by atoms with van der Waals surface area (Å²) in [6.45, 7) is -0.145. The monoisotopic (exact) mass is 272 g/mol. The molecule has 7 heteroatoms. The van der Waals surface area contributed by atoms with E-state index in [1.165, 1.54) is 19.2 Å². The molecule has 0 aliphatic heterocycles. The topological polar surface area (TPSA) is 95.5 Å². The lowest BCUT2D eigenvalue weighted by Gasteiger charge is -2.10. The maximum absolute atomic E-state index is 11.2. The molecule has 2 N–H and O–H groups in total. The van der Waals surface area contributed by atoms with Gasteiger partial charge in [-0.3, -0.25) is 14.9 Å². The molecule has 0 aliphatic carbocycles. The first-order valence-electron chi connectivity index (χ1n) is 5.23. The van der Waals surface area contributed by atoms with Crippen molar-refractivity contribution >= 4 is 17.5 Å². The van der Waals surface area contributed by atoms with E-state index in [1.54, 1.807) is 0 Å². The summed E-state index contributed by atoms with van der Waals surface area (Å²) in [6, 6.07) is 3.01. The molecule has 0 bridgehead atoms. The lowest BCUT2D eigenvalue weighted by Crippen LogP contribution is -2.13. The average molecular weight is 273 g/mol. The number of ether oxygens (including phenoxy) is 1. The molecule has 0 spiro atoms. The number of aryl methyl sites for hydroxylation is 1. The number of nitrogens with zero attached hydrogens (tertiary/aromatic N) is 1. The highest BCUT2D eigenvalue weighted by atomic mass is 35.5. The summed E-state index contributed by atoms with van der Waals surface area (Å²) in [5.41, 5.74) is 6.08. The summed E-state index contributed by atoms with van der Waals surface area (Å²) in [7, 11) is 1.41. The molecule has 0 fully saturated rings. The Balaban J connectivity index is 2.95. The van der Waals surface area contributed by atoms with Crippen LogP contribution in [0.1, 0.15) is 22.3 Å². The highest BCUT2D eigenvalue weighted by molar-refractivity contribution is 6.31. The first-order chi connectivity index (χ1) is 8.45. The van der Waals surface area contributed by atoms with Crippen molar-refractivity contribution in [3.63, 3.8) is 0 Å². The van der Waals surface area contributed by atoms with Gasteiger partial charge in [-0.05, 0) is 24.1 Å². The van der Waals surface area contributed by atoms with E-state index in [1.807, 2.05) is 0 Å². The Morgan fingerprint density at radius 3 is 2.72 bits per heavy atom. The van der Waals surface area contributed by atoms with E-state index in [-0.39, 0.29) is 12.1 Å². The van der Waals surface area contributed by atoms with E-state index in [2.05, 4.69) is 0 Å². The molecule has 0 aliphatic rings. The third-order valence-electron chi connectivity index (χ3n) is 2.42. The minimum atomic E-state index is -0.626. The van der Waals surface area contributed by atoms with E-state index < -0.39 is 10.8 Å². The number of hydrogen-bond donors (Lipinski definition) is 1. The summed E-state index contributed by atoms with van der Waals surface area (Å²) in [5.74, 6) is -0.329. The lowest BCUT2D eigenvalue weighted by molar-refractivity contribution is -0.480. The number of carbonyl (C=O) groups is 1. The largest absolute Gasteiger partial charge is 0.496 e. The van der Waals surface area contributed by atoms with E-state index in [0.717, 1.165) is 0 Å². The van der Waals surface area contributed by atoms with E-state index >= 15 is 0 Å². The Hall–Kier alpha value is -1.82. The summed E-state index contributed by atoms with van der Waals surface area (Å²) >= 11 is 6.00. The normalized spacial score (nSPS) is 10.1. The SMILES string of the molecule is COc1cc(Cl)c(CCC[N+](=O)[O-])cc1C(N)=O. The van der Waals surface area contributed by atoms with Crippen LogP contribution in [0.5, 0.6) is 5.75 Å². The predicted molar refractivity (Wildman–Crippen MR) is 66.7 cm³/mol. The number of primary amides is 1. The first-order valence-corrected chi connectivity index (χ1v) is 5.61. The predicted octanol–water partition coefficient (Wildman–Crippen LogP) is 1.66. The fourth-order valence-corrected chi connectivity index (χ4v) is 1.80. The molecule has 0 aromatic heterocycles. The minimum absolute atomic E-state index is 0.145. The minimum Gasteiger partial charge on any atom is -0.496 e. The molecule has 6 nitrogen and oxygen atoms in total. The number of rotatable bonds is 6. The van der Waals surface area contributed by atoms with Gasteiger partial charge in [0.05, 0.1) is 12.7 Å². The number of carbonyl (C=O) groups excluding carboxylic acids is 1. The van der Waals surface area contributed by atoms with Crippen LogP contribution >= 0.6 is 11.6 Å². The first kappa shape index (κ1) is 14.2. The third-order valence-corrected chi connectivity index (χ3v) is 2.77. The van der Waals surface area contributed by atoms with Crippen LogP contribution < -0.4 is 10.5 Å². The Bertz CT molecular complexity index is 476. The second kappa shape index (κ2) is 6.20. The molecule has 0 atom stereocenters. The van der Waals surface area contributed by atoms with Gasteiger partial charge < -0.3 is 10.5 Å². The van der Waals surface area contributed by atoms with Crippen molar-refractivity contribution in [3.05, 3.63) is 38.4 Å². The molecule has 1 amide bonds. The van der Waals surface area contributed by atoms with Crippen molar-refractivity contribution in [2.24, 2.45) is 5.73 Å². The lowest BCUT2D eigenvalue weighted by atomic mass is 10.0. The second-order valence-electron chi connectivity index (χ2n) is 3.67. The van der Waals surface area contributed by atoms with Crippen LogP contribution in [0.15, 0.2) is 12.1 Å². The van der Waals surface area contributed by atoms with Gasteiger partial charge in [0, 0.05) is 16.4 Å². The van der Waals surface area contributed by atoms with Crippen molar-refractivity contribution in [1.29, 1.82) is 0 Å². The highest BCUT2D eigenvalue weighted by Crippen LogP contribution is 2.27. The van der Waals surface area contributed by atoms with Crippen LogP contribution in [-0.2, 0) is 6.42 Å². The van der Waals surface area contributed by atoms with Crippen molar-refractivity contribution in [3.8, 4) is 5.75 Å². The molecular weight excluding hydrogens is 260 g/mol. The molecule has 98 valence electrons. The van der Waals surface area contributed by atoms with Gasteiger partial charge in [-0.15, -0.1) is 0 Å². The van der Waals surface area contributed by atoms with Gasteiger partial charge in [-0.2, -0.15) is 0 Å². The summed E-state index contributed by atoms with van der Waals surface area (Å²) in [6.07, 6.45) is 0.751. The number of methoxy groups -OCH3 is 1. The molecule has 1 aromatic rings. The number of halogens is 1. The van der Waals surface area contributed by atoms with Gasteiger partial charge in [0.2, 0.25) is 6.54 Å². The van der Waals surface area contributed by atoms with Crippen molar-refractivity contribution in [2.45, 2.75) is 12.8 Å². The standard InChI is InChI=1S/C11H13ClN2O4/c1-18-10-6-9(12)7(3-2-4-14(16)17)5-8(10)11(13)15/h5-6H,2-4H2,1H3,(H2,13,15). The van der Waals surface area contributed by atoms with Crippen molar-refractivity contribution in [2.75, 3.05) is 13.7 Å². The van der Waals surface area contributed by atoms with Crippen LogP contribution in [0.25, 0.3) is 0 Å². The number of nitro groups is 1. The third kappa shape index (κ3) is 3.59. The quantitative estimate of drug-likeness (QED) is 0.629. The molecule has 0 saturated heterocycles. The van der Waals surface area contributed by atoms with Crippen LogP contribution in [0.3, 0.4) is 0 Å². The van der Waals surface area contributed by atoms with E-state index in [4.69, 9.17) is 22.1 Å². The summed E-state index contributed by atoms with van der Waals surface area (Å²) in [4.78, 5) is 21.0. The molecule has 0 radical (unpaired) electrons. The summed E-state index contributed by atoms with van der Waals surface area (Å²) < 4.78 is 4.99.